The smallest absolute Gasteiger partial charge is 0.269 e. The first-order chi connectivity index (χ1) is 13.8. The molecule has 0 bridgehead atoms. The predicted octanol–water partition coefficient (Wildman–Crippen LogP) is 7.05. The van der Waals surface area contributed by atoms with Gasteiger partial charge in [-0.3, -0.25) is 10.1 Å². The summed E-state index contributed by atoms with van der Waals surface area (Å²) in [6.07, 6.45) is 0. The topological polar surface area (TPSA) is 64.4 Å². The second-order valence-corrected chi connectivity index (χ2v) is 7.68. The minimum atomic E-state index is -0.442. The third-order valence-corrected chi connectivity index (χ3v) is 5.02. The summed E-state index contributed by atoms with van der Waals surface area (Å²) in [7, 11) is 0. The van der Waals surface area contributed by atoms with E-state index in [0.717, 1.165) is 22.4 Å². The van der Waals surface area contributed by atoms with Gasteiger partial charge in [0.05, 0.1) is 9.95 Å². The lowest BCUT2D eigenvalue weighted by Gasteiger charge is -2.16. The highest BCUT2D eigenvalue weighted by atomic mass is 35.5. The lowest BCUT2D eigenvalue weighted by Crippen LogP contribution is -2.05. The first-order valence-electron chi connectivity index (χ1n) is 8.67. The van der Waals surface area contributed by atoms with Crippen LogP contribution in [0.2, 0.25) is 15.1 Å². The molecule has 3 aromatic carbocycles. The first-order valence-corrected chi connectivity index (χ1v) is 9.81. The summed E-state index contributed by atoms with van der Waals surface area (Å²) in [6, 6.07) is 15.2. The molecule has 0 saturated heterocycles. The summed E-state index contributed by atoms with van der Waals surface area (Å²) in [4.78, 5) is 10.3. The summed E-state index contributed by atoms with van der Waals surface area (Å²) in [5.74, 6) is 0.501. The Morgan fingerprint density at radius 3 is 2.41 bits per heavy atom. The molecule has 0 amide bonds. The van der Waals surface area contributed by atoms with Gasteiger partial charge in [-0.05, 0) is 54.4 Å². The summed E-state index contributed by atoms with van der Waals surface area (Å²) in [5, 5.41) is 15.6. The number of non-ortho nitro benzene ring substituents is 1. The van der Waals surface area contributed by atoms with Gasteiger partial charge in [0, 0.05) is 40.0 Å². The monoisotopic (exact) mass is 450 g/mol. The molecule has 3 rings (SSSR count). The zero-order valence-corrected chi connectivity index (χ0v) is 17.7. The number of halogens is 3. The van der Waals surface area contributed by atoms with Crippen molar-refractivity contribution in [2.24, 2.45) is 0 Å². The zero-order chi connectivity index (χ0) is 21.0. The average Bonchev–Trinajstić information content (AvgIpc) is 2.68. The van der Waals surface area contributed by atoms with Crippen molar-refractivity contribution >= 4 is 46.2 Å². The predicted molar refractivity (Wildman–Crippen MR) is 117 cm³/mol. The third kappa shape index (κ3) is 5.54. The van der Waals surface area contributed by atoms with Crippen LogP contribution in [0.1, 0.15) is 16.7 Å². The van der Waals surface area contributed by atoms with Gasteiger partial charge in [-0.2, -0.15) is 0 Å². The fraction of sp³-hybridized carbons (Fsp3) is 0.143. The van der Waals surface area contributed by atoms with E-state index in [9.17, 15) is 10.1 Å². The quantitative estimate of drug-likeness (QED) is 0.308. The van der Waals surface area contributed by atoms with E-state index in [1.54, 1.807) is 24.3 Å². The molecule has 8 heteroatoms. The molecule has 0 heterocycles. The molecular weight excluding hydrogens is 435 g/mol. The molecule has 0 aliphatic heterocycles. The molecule has 29 heavy (non-hydrogen) atoms. The van der Waals surface area contributed by atoms with E-state index in [4.69, 9.17) is 39.5 Å². The number of benzene rings is 3. The Labute approximate surface area is 183 Å². The van der Waals surface area contributed by atoms with Gasteiger partial charge in [0.1, 0.15) is 12.4 Å². The lowest BCUT2D eigenvalue weighted by molar-refractivity contribution is -0.384. The number of hydrogen-bond donors (Lipinski definition) is 1. The third-order valence-electron chi connectivity index (χ3n) is 4.28. The highest BCUT2D eigenvalue weighted by Crippen LogP contribution is 2.34. The zero-order valence-electron chi connectivity index (χ0n) is 15.4. The van der Waals surface area contributed by atoms with Gasteiger partial charge >= 0.3 is 0 Å². The molecule has 0 radical (unpaired) electrons. The van der Waals surface area contributed by atoms with Gasteiger partial charge in [-0.15, -0.1) is 0 Å². The maximum absolute atomic E-state index is 10.8. The van der Waals surface area contributed by atoms with Crippen LogP contribution in [0.15, 0.2) is 54.6 Å². The maximum atomic E-state index is 10.8. The molecule has 0 saturated carbocycles. The second kappa shape index (κ2) is 9.35. The van der Waals surface area contributed by atoms with Crippen LogP contribution in [0.25, 0.3) is 0 Å². The van der Waals surface area contributed by atoms with Crippen LogP contribution in [-0.2, 0) is 13.2 Å². The number of nitro groups is 1. The van der Waals surface area contributed by atoms with Crippen LogP contribution < -0.4 is 10.1 Å². The van der Waals surface area contributed by atoms with Crippen molar-refractivity contribution < 1.29 is 9.66 Å². The molecule has 0 unspecified atom stereocenters. The van der Waals surface area contributed by atoms with E-state index in [1.165, 1.54) is 12.1 Å². The van der Waals surface area contributed by atoms with E-state index >= 15 is 0 Å². The molecule has 0 aromatic heterocycles. The van der Waals surface area contributed by atoms with Gasteiger partial charge in [-0.25, -0.2) is 0 Å². The summed E-state index contributed by atoms with van der Waals surface area (Å²) < 4.78 is 5.93. The normalized spacial score (nSPS) is 10.6. The minimum absolute atomic E-state index is 0.0278. The molecule has 0 atom stereocenters. The van der Waals surface area contributed by atoms with Crippen molar-refractivity contribution in [1.29, 1.82) is 0 Å². The Morgan fingerprint density at radius 1 is 1.00 bits per heavy atom. The van der Waals surface area contributed by atoms with E-state index in [0.29, 0.717) is 27.4 Å². The number of hydrogen-bond acceptors (Lipinski definition) is 4. The average molecular weight is 452 g/mol. The molecule has 0 aliphatic carbocycles. The number of rotatable bonds is 7. The Kier molecular flexibility index (Phi) is 6.85. The van der Waals surface area contributed by atoms with Crippen molar-refractivity contribution in [1.82, 2.24) is 0 Å². The van der Waals surface area contributed by atoms with Gasteiger partial charge < -0.3 is 10.1 Å². The van der Waals surface area contributed by atoms with Gasteiger partial charge in [-0.1, -0.05) is 40.9 Å². The van der Waals surface area contributed by atoms with E-state index in [2.05, 4.69) is 5.32 Å². The van der Waals surface area contributed by atoms with Crippen LogP contribution in [0.4, 0.5) is 11.4 Å². The number of aryl methyl sites for hydroxylation is 1. The number of nitrogens with zero attached hydrogens (tertiary/aromatic N) is 1. The highest BCUT2D eigenvalue weighted by molar-refractivity contribution is 6.35. The second-order valence-electron chi connectivity index (χ2n) is 6.40. The van der Waals surface area contributed by atoms with Crippen molar-refractivity contribution in [3.8, 4) is 5.75 Å². The maximum Gasteiger partial charge on any atom is 0.269 e. The van der Waals surface area contributed by atoms with Crippen LogP contribution in [0.5, 0.6) is 5.75 Å². The Balaban J connectivity index is 1.77. The Bertz CT molecular complexity index is 1040. The van der Waals surface area contributed by atoms with E-state index < -0.39 is 4.92 Å². The van der Waals surface area contributed by atoms with E-state index in [1.807, 2.05) is 25.1 Å². The molecule has 1 N–H and O–H groups in total. The summed E-state index contributed by atoms with van der Waals surface area (Å²) in [5.41, 5.74) is 3.54. The summed E-state index contributed by atoms with van der Waals surface area (Å²) >= 11 is 18.6. The van der Waals surface area contributed by atoms with Crippen molar-refractivity contribution in [2.45, 2.75) is 20.1 Å². The molecule has 5 nitrogen and oxygen atoms in total. The van der Waals surface area contributed by atoms with Crippen LogP contribution in [0, 0.1) is 17.0 Å². The largest absolute Gasteiger partial charge is 0.487 e. The molecule has 150 valence electrons. The van der Waals surface area contributed by atoms with Gasteiger partial charge in [0.2, 0.25) is 0 Å². The standard InChI is InChI=1S/C21H17Cl3N2O3/c1-13-2-5-16(22)10-20(13)25-11-15-8-17(23)9-19(24)21(15)29-12-14-3-6-18(7-4-14)26(27)28/h2-10,25H,11-12H2,1H3. The van der Waals surface area contributed by atoms with Crippen molar-refractivity contribution in [2.75, 3.05) is 5.32 Å². The number of ether oxygens (including phenoxy) is 1. The minimum Gasteiger partial charge on any atom is -0.487 e. The fourth-order valence-corrected chi connectivity index (χ4v) is 3.51. The first kappa shape index (κ1) is 21.2. The number of anilines is 1. The van der Waals surface area contributed by atoms with Crippen LogP contribution >= 0.6 is 34.8 Å². The molecule has 3 aromatic rings. The Hall–Kier alpha value is -2.47. The van der Waals surface area contributed by atoms with Crippen molar-refractivity contribution in [3.63, 3.8) is 0 Å². The van der Waals surface area contributed by atoms with E-state index in [-0.39, 0.29) is 12.3 Å². The number of nitro benzene ring substituents is 1. The van der Waals surface area contributed by atoms with Gasteiger partial charge in [0.15, 0.2) is 0 Å². The van der Waals surface area contributed by atoms with Crippen LogP contribution in [-0.4, -0.2) is 4.92 Å². The lowest BCUT2D eigenvalue weighted by atomic mass is 10.1. The molecule has 0 aliphatic rings. The molecule has 0 spiro atoms. The Morgan fingerprint density at radius 2 is 1.72 bits per heavy atom. The molecule has 0 fully saturated rings. The molecular formula is C21H17Cl3N2O3. The summed E-state index contributed by atoms with van der Waals surface area (Å²) in [6.45, 7) is 2.62. The van der Waals surface area contributed by atoms with Crippen LogP contribution in [0.3, 0.4) is 0 Å². The van der Waals surface area contributed by atoms with Gasteiger partial charge in [0.25, 0.3) is 5.69 Å². The highest BCUT2D eigenvalue weighted by Gasteiger charge is 2.13. The SMILES string of the molecule is Cc1ccc(Cl)cc1NCc1cc(Cl)cc(Cl)c1OCc1ccc([N+](=O)[O-])cc1. The fourth-order valence-electron chi connectivity index (χ4n) is 2.75. The number of nitrogens with one attached hydrogen (secondary N) is 1. The van der Waals surface area contributed by atoms with Crippen molar-refractivity contribution in [3.05, 3.63) is 96.5 Å².